The minimum Gasteiger partial charge on any atom is -0.493 e. The minimum atomic E-state index is 0.215. The molecule has 0 radical (unpaired) electrons. The standard InChI is InChI=1S/C18H26N2O/c1-18(2,3)20-13-5-4-6-14-21-17-11-7-10-16-15(17)9-8-12-19-16/h7-12,20H,4-6,13-14H2,1-3H3. The lowest BCUT2D eigenvalue weighted by Crippen LogP contribution is -2.36. The van der Waals surface area contributed by atoms with E-state index in [1.54, 1.807) is 0 Å². The van der Waals surface area contributed by atoms with Crippen molar-refractivity contribution in [3.8, 4) is 5.75 Å². The Labute approximate surface area is 127 Å². The highest BCUT2D eigenvalue weighted by Gasteiger charge is 2.07. The van der Waals surface area contributed by atoms with Crippen molar-refractivity contribution in [1.29, 1.82) is 0 Å². The molecule has 2 rings (SSSR count). The molecule has 1 N–H and O–H groups in total. The van der Waals surface area contributed by atoms with Gasteiger partial charge in [-0.25, -0.2) is 0 Å². The van der Waals surface area contributed by atoms with Crippen molar-refractivity contribution in [3.63, 3.8) is 0 Å². The summed E-state index contributed by atoms with van der Waals surface area (Å²) in [6.07, 6.45) is 5.28. The molecule has 0 atom stereocenters. The van der Waals surface area contributed by atoms with Crippen molar-refractivity contribution in [3.05, 3.63) is 36.5 Å². The first-order valence-electron chi connectivity index (χ1n) is 7.78. The molecule has 0 bridgehead atoms. The maximum Gasteiger partial charge on any atom is 0.128 e. The predicted molar refractivity (Wildman–Crippen MR) is 88.8 cm³/mol. The zero-order valence-electron chi connectivity index (χ0n) is 13.4. The lowest BCUT2D eigenvalue weighted by atomic mass is 10.1. The Kier molecular flexibility index (Phi) is 5.57. The van der Waals surface area contributed by atoms with Crippen molar-refractivity contribution in [1.82, 2.24) is 10.3 Å². The third-order valence-electron chi connectivity index (χ3n) is 3.34. The van der Waals surface area contributed by atoms with Crippen molar-refractivity contribution in [2.45, 2.75) is 45.6 Å². The molecule has 0 unspecified atom stereocenters. The molecule has 0 fully saturated rings. The number of hydrogen-bond donors (Lipinski definition) is 1. The van der Waals surface area contributed by atoms with Gasteiger partial charge in [0.1, 0.15) is 5.75 Å². The summed E-state index contributed by atoms with van der Waals surface area (Å²) in [7, 11) is 0. The van der Waals surface area contributed by atoms with Gasteiger partial charge in [0.05, 0.1) is 12.1 Å². The van der Waals surface area contributed by atoms with Crippen LogP contribution in [0.3, 0.4) is 0 Å². The average molecular weight is 286 g/mol. The summed E-state index contributed by atoms with van der Waals surface area (Å²) in [4.78, 5) is 4.35. The second kappa shape index (κ2) is 7.41. The molecule has 2 aromatic rings. The number of nitrogens with one attached hydrogen (secondary N) is 1. The highest BCUT2D eigenvalue weighted by atomic mass is 16.5. The van der Waals surface area contributed by atoms with E-state index in [1.165, 1.54) is 12.8 Å². The van der Waals surface area contributed by atoms with E-state index in [-0.39, 0.29) is 5.54 Å². The highest BCUT2D eigenvalue weighted by molar-refractivity contribution is 5.84. The maximum absolute atomic E-state index is 5.91. The largest absolute Gasteiger partial charge is 0.493 e. The number of unbranched alkanes of at least 4 members (excludes halogenated alkanes) is 2. The molecular weight excluding hydrogens is 260 g/mol. The van der Waals surface area contributed by atoms with E-state index < -0.39 is 0 Å². The Bertz CT molecular complexity index is 555. The van der Waals surface area contributed by atoms with Crippen LogP contribution in [0.25, 0.3) is 10.9 Å². The van der Waals surface area contributed by atoms with Gasteiger partial charge < -0.3 is 10.1 Å². The number of ether oxygens (including phenoxy) is 1. The van der Waals surface area contributed by atoms with Crippen LogP contribution in [0.2, 0.25) is 0 Å². The van der Waals surface area contributed by atoms with E-state index in [9.17, 15) is 0 Å². The van der Waals surface area contributed by atoms with Crippen LogP contribution < -0.4 is 10.1 Å². The zero-order valence-corrected chi connectivity index (χ0v) is 13.4. The molecule has 0 amide bonds. The van der Waals surface area contributed by atoms with Crippen LogP contribution in [0, 0.1) is 0 Å². The van der Waals surface area contributed by atoms with Gasteiger partial charge in [0.2, 0.25) is 0 Å². The van der Waals surface area contributed by atoms with Gasteiger partial charge in [0.15, 0.2) is 0 Å². The first kappa shape index (κ1) is 15.8. The van der Waals surface area contributed by atoms with Gasteiger partial charge in [0, 0.05) is 17.1 Å². The van der Waals surface area contributed by atoms with Crippen LogP contribution >= 0.6 is 0 Å². The molecular formula is C18H26N2O. The Morgan fingerprint density at radius 2 is 1.90 bits per heavy atom. The molecule has 0 aliphatic rings. The number of nitrogens with zero attached hydrogens (tertiary/aromatic N) is 1. The van der Waals surface area contributed by atoms with E-state index >= 15 is 0 Å². The van der Waals surface area contributed by atoms with Gasteiger partial charge >= 0.3 is 0 Å². The summed E-state index contributed by atoms with van der Waals surface area (Å²) in [5, 5.41) is 4.60. The third kappa shape index (κ3) is 5.35. The Hall–Kier alpha value is -1.61. The number of aromatic nitrogens is 1. The zero-order chi connectivity index (χ0) is 15.1. The van der Waals surface area contributed by atoms with E-state index in [1.807, 2.05) is 30.5 Å². The fraction of sp³-hybridized carbons (Fsp3) is 0.500. The van der Waals surface area contributed by atoms with Crippen molar-refractivity contribution in [2.75, 3.05) is 13.2 Å². The number of fused-ring (bicyclic) bond motifs is 1. The van der Waals surface area contributed by atoms with Crippen molar-refractivity contribution < 1.29 is 4.74 Å². The van der Waals surface area contributed by atoms with E-state index in [2.05, 4.69) is 37.1 Å². The molecule has 3 nitrogen and oxygen atoms in total. The maximum atomic E-state index is 5.91. The molecule has 114 valence electrons. The van der Waals surface area contributed by atoms with Gasteiger partial charge in [-0.3, -0.25) is 4.98 Å². The van der Waals surface area contributed by atoms with Gasteiger partial charge in [-0.1, -0.05) is 6.07 Å². The summed E-state index contributed by atoms with van der Waals surface area (Å²) in [5.41, 5.74) is 1.20. The molecule has 0 aliphatic carbocycles. The first-order valence-corrected chi connectivity index (χ1v) is 7.78. The Balaban J connectivity index is 1.71. The molecule has 0 spiro atoms. The Morgan fingerprint density at radius 1 is 1.05 bits per heavy atom. The van der Waals surface area contributed by atoms with Gasteiger partial charge in [-0.15, -0.1) is 0 Å². The van der Waals surface area contributed by atoms with Crippen LogP contribution in [0.5, 0.6) is 5.75 Å². The molecule has 1 aromatic heterocycles. The fourth-order valence-electron chi connectivity index (χ4n) is 2.25. The summed E-state index contributed by atoms with van der Waals surface area (Å²) >= 11 is 0. The molecule has 0 saturated carbocycles. The normalized spacial score (nSPS) is 11.8. The van der Waals surface area contributed by atoms with Crippen molar-refractivity contribution in [2.24, 2.45) is 0 Å². The molecule has 0 saturated heterocycles. The minimum absolute atomic E-state index is 0.215. The number of rotatable bonds is 7. The lowest BCUT2D eigenvalue weighted by molar-refractivity contribution is 0.306. The number of pyridine rings is 1. The first-order chi connectivity index (χ1) is 10.1. The smallest absolute Gasteiger partial charge is 0.128 e. The van der Waals surface area contributed by atoms with Crippen LogP contribution in [-0.2, 0) is 0 Å². The Morgan fingerprint density at radius 3 is 2.71 bits per heavy atom. The quantitative estimate of drug-likeness (QED) is 0.776. The molecule has 1 heterocycles. The van der Waals surface area contributed by atoms with Crippen LogP contribution in [0.1, 0.15) is 40.0 Å². The van der Waals surface area contributed by atoms with Gasteiger partial charge in [0.25, 0.3) is 0 Å². The molecule has 3 heteroatoms. The van der Waals surface area contributed by atoms with E-state index in [4.69, 9.17) is 4.74 Å². The van der Waals surface area contributed by atoms with Gasteiger partial charge in [-0.2, -0.15) is 0 Å². The number of benzene rings is 1. The topological polar surface area (TPSA) is 34.1 Å². The van der Waals surface area contributed by atoms with Crippen LogP contribution in [0.15, 0.2) is 36.5 Å². The molecule has 21 heavy (non-hydrogen) atoms. The van der Waals surface area contributed by atoms with Crippen molar-refractivity contribution >= 4 is 10.9 Å². The lowest BCUT2D eigenvalue weighted by Gasteiger charge is -2.20. The van der Waals surface area contributed by atoms with E-state index in [0.717, 1.165) is 36.2 Å². The van der Waals surface area contributed by atoms with Gasteiger partial charge in [-0.05, 0) is 70.8 Å². The third-order valence-corrected chi connectivity index (χ3v) is 3.34. The summed E-state index contributed by atoms with van der Waals surface area (Å²) in [6, 6.07) is 10.0. The monoisotopic (exact) mass is 286 g/mol. The second-order valence-electron chi connectivity index (χ2n) is 6.41. The van der Waals surface area contributed by atoms with Crippen LogP contribution in [-0.4, -0.2) is 23.7 Å². The molecule has 1 aromatic carbocycles. The van der Waals surface area contributed by atoms with Crippen LogP contribution in [0.4, 0.5) is 0 Å². The average Bonchev–Trinajstić information content (AvgIpc) is 2.45. The summed E-state index contributed by atoms with van der Waals surface area (Å²) in [5.74, 6) is 0.938. The number of hydrogen-bond acceptors (Lipinski definition) is 3. The SMILES string of the molecule is CC(C)(C)NCCCCCOc1cccc2ncccc12. The molecule has 0 aliphatic heterocycles. The summed E-state index contributed by atoms with van der Waals surface area (Å²) in [6.45, 7) is 8.44. The highest BCUT2D eigenvalue weighted by Crippen LogP contribution is 2.23. The van der Waals surface area contributed by atoms with E-state index in [0.29, 0.717) is 0 Å². The summed E-state index contributed by atoms with van der Waals surface area (Å²) < 4.78 is 5.91. The second-order valence-corrected chi connectivity index (χ2v) is 6.41. The predicted octanol–water partition coefficient (Wildman–Crippen LogP) is 4.17. The fourth-order valence-corrected chi connectivity index (χ4v) is 2.25.